The van der Waals surface area contributed by atoms with Gasteiger partial charge in [0.2, 0.25) is 11.1 Å². The predicted octanol–water partition coefficient (Wildman–Crippen LogP) is -2.65. The van der Waals surface area contributed by atoms with Crippen LogP contribution in [-0.2, 0) is 15.5 Å². The summed E-state index contributed by atoms with van der Waals surface area (Å²) >= 11 is 0. The first-order valence-electron chi connectivity index (χ1n) is 5.41. The Labute approximate surface area is 110 Å². The lowest BCUT2D eigenvalue weighted by atomic mass is 10.1. The number of ether oxygens (including phenoxy) is 1. The van der Waals surface area contributed by atoms with Crippen molar-refractivity contribution in [2.45, 2.75) is 29.6 Å². The van der Waals surface area contributed by atoms with Crippen LogP contribution < -0.4 is 5.73 Å². The maximum atomic E-state index is 11.3. The van der Waals surface area contributed by atoms with Crippen LogP contribution in [0.3, 0.4) is 0 Å². The fraction of sp³-hybridized carbons (Fsp3) is 0.667. The molecule has 106 valence electrons. The van der Waals surface area contributed by atoms with E-state index < -0.39 is 41.8 Å². The summed E-state index contributed by atoms with van der Waals surface area (Å²) in [6.07, 6.45) is -3.19. The summed E-state index contributed by atoms with van der Waals surface area (Å²) in [4.78, 5) is 11.4. The smallest absolute Gasteiger partial charge is 0.224 e. The summed E-state index contributed by atoms with van der Waals surface area (Å²) in [5.41, 5.74) is 5.47. The summed E-state index contributed by atoms with van der Waals surface area (Å²) in [5, 5.41) is 28.4. The number of nitrogens with zero attached hydrogens (tertiary/aromatic N) is 3. The van der Waals surface area contributed by atoms with Gasteiger partial charge in [-0.1, -0.05) is 0 Å². The standard InChI is InChI=1S/C9H14N4O5S/c1-19(17)9-12-7(11-8(10)13-9)6-5(16)4(15)3(2-14)18-6/h3-6,14-16H,2H2,1H3,(H2,10,11,12,13)/t3-,4-,5-,6-,19?/m1/s1. The molecule has 1 unspecified atom stereocenters. The Morgan fingerprint density at radius 3 is 2.53 bits per heavy atom. The van der Waals surface area contributed by atoms with Gasteiger partial charge in [-0.15, -0.1) is 0 Å². The molecule has 1 aromatic rings. The van der Waals surface area contributed by atoms with Crippen LogP contribution in [0.4, 0.5) is 5.95 Å². The molecule has 0 aliphatic carbocycles. The van der Waals surface area contributed by atoms with Crippen LogP contribution in [0.2, 0.25) is 0 Å². The Kier molecular flexibility index (Phi) is 4.06. The molecule has 0 amide bonds. The van der Waals surface area contributed by atoms with Crippen LogP contribution in [0.25, 0.3) is 0 Å². The number of nitrogen functional groups attached to an aromatic ring is 1. The summed E-state index contributed by atoms with van der Waals surface area (Å²) < 4.78 is 16.6. The minimum Gasteiger partial charge on any atom is -0.394 e. The van der Waals surface area contributed by atoms with Crippen LogP contribution in [-0.4, -0.2) is 65.7 Å². The molecule has 1 fully saturated rings. The minimum atomic E-state index is -1.47. The molecule has 0 aromatic carbocycles. The zero-order valence-corrected chi connectivity index (χ0v) is 10.8. The molecular formula is C9H14N4O5S. The van der Waals surface area contributed by atoms with Crippen LogP contribution in [0, 0.1) is 0 Å². The van der Waals surface area contributed by atoms with Gasteiger partial charge in [-0.2, -0.15) is 9.97 Å². The predicted molar refractivity (Wildman–Crippen MR) is 63.3 cm³/mol. The van der Waals surface area contributed by atoms with E-state index in [0.717, 1.165) is 0 Å². The molecule has 1 aliphatic rings. The maximum absolute atomic E-state index is 11.3. The summed E-state index contributed by atoms with van der Waals surface area (Å²) in [6.45, 7) is -0.456. The fourth-order valence-electron chi connectivity index (χ4n) is 1.76. The van der Waals surface area contributed by atoms with Crippen molar-refractivity contribution in [1.29, 1.82) is 0 Å². The summed E-state index contributed by atoms with van der Waals surface area (Å²) in [5.74, 6) is -0.187. The first-order valence-corrected chi connectivity index (χ1v) is 6.97. The number of nitrogens with two attached hydrogens (primary N) is 1. The Bertz CT molecular complexity index is 501. The topological polar surface area (TPSA) is 152 Å². The highest BCUT2D eigenvalue weighted by atomic mass is 32.2. The van der Waals surface area contributed by atoms with Crippen LogP contribution in [0.15, 0.2) is 5.16 Å². The van der Waals surface area contributed by atoms with Crippen molar-refractivity contribution in [3.63, 3.8) is 0 Å². The summed E-state index contributed by atoms with van der Waals surface area (Å²) in [6, 6.07) is 0. The van der Waals surface area contributed by atoms with Gasteiger partial charge in [-0.05, 0) is 0 Å². The van der Waals surface area contributed by atoms with E-state index in [1.807, 2.05) is 0 Å². The average Bonchev–Trinajstić information content (AvgIpc) is 2.65. The molecule has 0 spiro atoms. The number of anilines is 1. The minimum absolute atomic E-state index is 0.0276. The van der Waals surface area contributed by atoms with Gasteiger partial charge in [-0.25, -0.2) is 4.98 Å². The van der Waals surface area contributed by atoms with Crippen molar-refractivity contribution in [1.82, 2.24) is 15.0 Å². The number of aromatic nitrogens is 3. The molecule has 1 aliphatic heterocycles. The average molecular weight is 290 g/mol. The maximum Gasteiger partial charge on any atom is 0.224 e. The second-order valence-electron chi connectivity index (χ2n) is 4.05. The number of aliphatic hydroxyl groups is 3. The van der Waals surface area contributed by atoms with Crippen molar-refractivity contribution in [2.75, 3.05) is 18.6 Å². The van der Waals surface area contributed by atoms with Crippen molar-refractivity contribution < 1.29 is 24.3 Å². The highest BCUT2D eigenvalue weighted by molar-refractivity contribution is 7.84. The third kappa shape index (κ3) is 2.72. The Balaban J connectivity index is 2.34. The van der Waals surface area contributed by atoms with Gasteiger partial charge in [0.05, 0.1) is 17.4 Å². The van der Waals surface area contributed by atoms with Gasteiger partial charge in [0.1, 0.15) is 24.4 Å². The van der Waals surface area contributed by atoms with E-state index in [1.165, 1.54) is 6.26 Å². The molecule has 2 heterocycles. The van der Waals surface area contributed by atoms with Crippen molar-refractivity contribution in [3.8, 4) is 0 Å². The lowest BCUT2D eigenvalue weighted by molar-refractivity contribution is -0.0255. The van der Waals surface area contributed by atoms with E-state index in [2.05, 4.69) is 15.0 Å². The van der Waals surface area contributed by atoms with Gasteiger partial charge in [-0.3, -0.25) is 4.21 Å². The number of rotatable bonds is 3. The molecular weight excluding hydrogens is 276 g/mol. The molecule has 10 heteroatoms. The van der Waals surface area contributed by atoms with Crippen LogP contribution >= 0.6 is 0 Å². The normalized spacial score (nSPS) is 32.4. The SMILES string of the molecule is CS(=O)c1nc(N)nc([C@@H]2O[C@H](CO)[C@@H](O)[C@H]2O)n1. The molecule has 2 rings (SSSR count). The Hall–Kier alpha value is -1.20. The lowest BCUT2D eigenvalue weighted by Gasteiger charge is -2.13. The van der Waals surface area contributed by atoms with Crippen LogP contribution in [0.5, 0.6) is 0 Å². The highest BCUT2D eigenvalue weighted by Crippen LogP contribution is 2.31. The lowest BCUT2D eigenvalue weighted by Crippen LogP contribution is -2.32. The van der Waals surface area contributed by atoms with Gasteiger partial charge in [0.15, 0.2) is 5.82 Å². The number of hydrogen-bond acceptors (Lipinski definition) is 9. The van der Waals surface area contributed by atoms with E-state index in [0.29, 0.717) is 0 Å². The van der Waals surface area contributed by atoms with E-state index in [4.69, 9.17) is 15.6 Å². The van der Waals surface area contributed by atoms with E-state index >= 15 is 0 Å². The van der Waals surface area contributed by atoms with Gasteiger partial charge >= 0.3 is 0 Å². The molecule has 0 radical (unpaired) electrons. The van der Waals surface area contributed by atoms with E-state index in [9.17, 15) is 14.4 Å². The third-order valence-corrected chi connectivity index (χ3v) is 3.40. The third-order valence-electron chi connectivity index (χ3n) is 2.70. The number of hydrogen-bond donors (Lipinski definition) is 4. The van der Waals surface area contributed by atoms with E-state index in [1.54, 1.807) is 0 Å². The van der Waals surface area contributed by atoms with Crippen molar-refractivity contribution in [2.24, 2.45) is 0 Å². The fourth-order valence-corrected chi connectivity index (χ4v) is 2.20. The molecule has 1 saturated heterocycles. The second-order valence-corrected chi connectivity index (χ2v) is 5.32. The largest absolute Gasteiger partial charge is 0.394 e. The number of aliphatic hydroxyl groups excluding tert-OH is 3. The summed E-state index contributed by atoms with van der Waals surface area (Å²) in [7, 11) is -1.47. The Morgan fingerprint density at radius 1 is 1.32 bits per heavy atom. The zero-order chi connectivity index (χ0) is 14.2. The quantitative estimate of drug-likeness (QED) is 0.467. The first-order chi connectivity index (χ1) is 8.93. The molecule has 0 saturated carbocycles. The molecule has 1 aromatic heterocycles. The van der Waals surface area contributed by atoms with Crippen molar-refractivity contribution >= 4 is 16.7 Å². The second kappa shape index (κ2) is 5.43. The molecule has 5 N–H and O–H groups in total. The van der Waals surface area contributed by atoms with Crippen molar-refractivity contribution in [3.05, 3.63) is 5.82 Å². The Morgan fingerprint density at radius 2 is 2.00 bits per heavy atom. The first kappa shape index (κ1) is 14.2. The molecule has 5 atom stereocenters. The van der Waals surface area contributed by atoms with Gasteiger partial charge in [0.25, 0.3) is 0 Å². The molecule has 9 nitrogen and oxygen atoms in total. The molecule has 0 bridgehead atoms. The van der Waals surface area contributed by atoms with Gasteiger partial charge in [0, 0.05) is 6.26 Å². The molecule has 19 heavy (non-hydrogen) atoms. The highest BCUT2D eigenvalue weighted by Gasteiger charge is 2.44. The van der Waals surface area contributed by atoms with Crippen LogP contribution in [0.1, 0.15) is 11.9 Å². The van der Waals surface area contributed by atoms with E-state index in [-0.39, 0.29) is 16.9 Å². The zero-order valence-electron chi connectivity index (χ0n) is 10.0. The monoisotopic (exact) mass is 290 g/mol. The van der Waals surface area contributed by atoms with Gasteiger partial charge < -0.3 is 25.8 Å².